The van der Waals surface area contributed by atoms with Crippen LogP contribution in [0.4, 0.5) is 0 Å². The molecule has 2 fully saturated rings. The van der Waals surface area contributed by atoms with Crippen LogP contribution in [0.1, 0.15) is 32.1 Å². The predicted molar refractivity (Wildman–Crippen MR) is 76.1 cm³/mol. The Labute approximate surface area is 127 Å². The Kier molecular flexibility index (Phi) is 6.61. The van der Waals surface area contributed by atoms with Crippen molar-refractivity contribution >= 4 is 28.0 Å². The molecule has 5 nitrogen and oxygen atoms in total. The second kappa shape index (κ2) is 8.22. The van der Waals surface area contributed by atoms with E-state index in [9.17, 15) is 9.59 Å². The molecular weight excluding hydrogens is 328 g/mol. The van der Waals surface area contributed by atoms with Crippen LogP contribution in [0.25, 0.3) is 0 Å². The zero-order valence-electron chi connectivity index (χ0n) is 11.5. The number of rotatable bonds is 6. The van der Waals surface area contributed by atoms with Gasteiger partial charge in [0.1, 0.15) is 12.4 Å². The Balaban J connectivity index is 1.97. The quantitative estimate of drug-likeness (QED) is 0.539. The summed E-state index contributed by atoms with van der Waals surface area (Å²) in [4.78, 5) is 22.6. The summed E-state index contributed by atoms with van der Waals surface area (Å²) < 4.78 is 17.3. The monoisotopic (exact) mass is 348 g/mol. The van der Waals surface area contributed by atoms with E-state index in [1.807, 2.05) is 0 Å². The second-order valence-corrected chi connectivity index (χ2v) is 5.76. The van der Waals surface area contributed by atoms with E-state index in [1.54, 1.807) is 0 Å². The van der Waals surface area contributed by atoms with Crippen LogP contribution in [0.15, 0.2) is 0 Å². The molecule has 0 bridgehead atoms. The lowest BCUT2D eigenvalue weighted by atomic mass is 9.99. The Hall–Kier alpha value is -0.300. The average Bonchev–Trinajstić information content (AvgIpc) is 2.49. The van der Waals surface area contributed by atoms with Gasteiger partial charge < -0.3 is 19.0 Å². The smallest absolute Gasteiger partial charge is 0.174 e. The molecule has 2 saturated heterocycles. The number of aldehydes is 1. The van der Waals surface area contributed by atoms with Gasteiger partial charge in [0.15, 0.2) is 5.78 Å². The summed E-state index contributed by atoms with van der Waals surface area (Å²) in [7, 11) is 0. The summed E-state index contributed by atoms with van der Waals surface area (Å²) in [5.74, 6) is 0.0124. The van der Waals surface area contributed by atoms with Gasteiger partial charge in [0.2, 0.25) is 0 Å². The van der Waals surface area contributed by atoms with E-state index in [2.05, 4.69) is 15.9 Å². The molecule has 6 heteroatoms. The van der Waals surface area contributed by atoms with Gasteiger partial charge in [-0.1, -0.05) is 15.9 Å². The minimum atomic E-state index is -0.498. The fraction of sp³-hybridized carbons (Fsp3) is 0.857. The first-order valence-corrected chi connectivity index (χ1v) is 8.29. The molecule has 0 saturated carbocycles. The molecule has 0 amide bonds. The number of hydrogen-bond donors (Lipinski definition) is 0. The van der Waals surface area contributed by atoms with Crippen molar-refractivity contribution in [3.8, 4) is 0 Å². The maximum absolute atomic E-state index is 11.9. The van der Waals surface area contributed by atoms with E-state index in [1.165, 1.54) is 0 Å². The van der Waals surface area contributed by atoms with Crippen LogP contribution in [0.5, 0.6) is 0 Å². The molecule has 4 atom stereocenters. The van der Waals surface area contributed by atoms with E-state index in [-0.39, 0.29) is 29.4 Å². The lowest BCUT2D eigenvalue weighted by molar-refractivity contribution is -0.181. The number of hydrogen-bond acceptors (Lipinski definition) is 5. The Morgan fingerprint density at radius 3 is 2.60 bits per heavy atom. The number of carbonyl (C=O) groups is 2. The van der Waals surface area contributed by atoms with Gasteiger partial charge in [-0.3, -0.25) is 4.79 Å². The molecule has 0 aromatic rings. The molecule has 2 aliphatic rings. The summed E-state index contributed by atoms with van der Waals surface area (Å²) >= 11 is 3.18. The molecule has 0 spiro atoms. The average molecular weight is 349 g/mol. The van der Waals surface area contributed by atoms with Crippen LogP contribution < -0.4 is 0 Å². The van der Waals surface area contributed by atoms with Gasteiger partial charge in [-0.2, -0.15) is 0 Å². The van der Waals surface area contributed by atoms with Crippen molar-refractivity contribution in [1.82, 2.24) is 0 Å². The van der Waals surface area contributed by atoms with E-state index in [4.69, 9.17) is 14.2 Å². The van der Waals surface area contributed by atoms with Gasteiger partial charge in [-0.25, -0.2) is 0 Å². The molecule has 1 unspecified atom stereocenters. The predicted octanol–water partition coefficient (Wildman–Crippen LogP) is 1.65. The van der Waals surface area contributed by atoms with Crippen molar-refractivity contribution in [1.29, 1.82) is 0 Å². The first-order chi connectivity index (χ1) is 9.76. The molecule has 20 heavy (non-hydrogen) atoms. The third-order valence-corrected chi connectivity index (χ3v) is 4.33. The molecule has 2 rings (SSSR count). The molecule has 0 aliphatic carbocycles. The number of halogens is 1. The third-order valence-electron chi connectivity index (χ3n) is 3.77. The summed E-state index contributed by atoms with van der Waals surface area (Å²) in [6.45, 7) is 1.27. The number of ether oxygens (including phenoxy) is 3. The van der Waals surface area contributed by atoms with Gasteiger partial charge in [0.05, 0.1) is 23.6 Å². The van der Waals surface area contributed by atoms with Gasteiger partial charge in [0, 0.05) is 19.6 Å². The maximum Gasteiger partial charge on any atom is 0.174 e. The molecule has 114 valence electrons. The van der Waals surface area contributed by atoms with Crippen LogP contribution in [-0.4, -0.2) is 55.0 Å². The molecular formula is C14H21BrO5. The minimum absolute atomic E-state index is 0.0124. The molecule has 0 N–H and O–H groups in total. The van der Waals surface area contributed by atoms with Crippen LogP contribution >= 0.6 is 15.9 Å². The summed E-state index contributed by atoms with van der Waals surface area (Å²) in [6.07, 6.45) is 3.66. The zero-order chi connectivity index (χ0) is 14.4. The normalized spacial score (nSPS) is 34.6. The van der Waals surface area contributed by atoms with Crippen molar-refractivity contribution in [2.75, 3.05) is 18.5 Å². The highest BCUT2D eigenvalue weighted by Gasteiger charge is 2.36. The first kappa shape index (κ1) is 16.1. The van der Waals surface area contributed by atoms with Crippen LogP contribution in [0, 0.1) is 0 Å². The van der Waals surface area contributed by atoms with Crippen LogP contribution in [-0.2, 0) is 23.8 Å². The molecule has 0 radical (unpaired) electrons. The molecule has 0 aromatic carbocycles. The molecule has 0 aromatic heterocycles. The lowest BCUT2D eigenvalue weighted by Crippen LogP contribution is -2.47. The van der Waals surface area contributed by atoms with Gasteiger partial charge >= 0.3 is 0 Å². The molecule has 2 heterocycles. The standard InChI is InChI=1S/C14H21BrO5/c15-9-10(17)14-13(4-2-8-19-14)20-12-3-1-7-18-11(12)5-6-16/h6,11-14H,1-5,7-9H2/t11-,12+,13?,14+/m0/s1. The number of Topliss-reactive ketones (excluding diaryl/α,β-unsaturated/α-hetero) is 1. The fourth-order valence-electron chi connectivity index (χ4n) is 2.78. The third kappa shape index (κ3) is 4.10. The lowest BCUT2D eigenvalue weighted by Gasteiger charge is -2.37. The minimum Gasteiger partial charge on any atom is -0.375 e. The topological polar surface area (TPSA) is 61.8 Å². The maximum atomic E-state index is 11.9. The van der Waals surface area contributed by atoms with Crippen molar-refractivity contribution in [2.24, 2.45) is 0 Å². The highest BCUT2D eigenvalue weighted by molar-refractivity contribution is 9.09. The fourth-order valence-corrected chi connectivity index (χ4v) is 3.10. The van der Waals surface area contributed by atoms with Crippen molar-refractivity contribution in [3.63, 3.8) is 0 Å². The van der Waals surface area contributed by atoms with Gasteiger partial charge in [-0.05, 0) is 25.7 Å². The van der Waals surface area contributed by atoms with Gasteiger partial charge in [-0.15, -0.1) is 0 Å². The number of carbonyl (C=O) groups excluding carboxylic acids is 2. The van der Waals surface area contributed by atoms with Crippen molar-refractivity contribution in [3.05, 3.63) is 0 Å². The Morgan fingerprint density at radius 2 is 1.90 bits per heavy atom. The largest absolute Gasteiger partial charge is 0.375 e. The highest BCUT2D eigenvalue weighted by Crippen LogP contribution is 2.26. The van der Waals surface area contributed by atoms with Gasteiger partial charge in [0.25, 0.3) is 0 Å². The van der Waals surface area contributed by atoms with Crippen LogP contribution in [0.2, 0.25) is 0 Å². The zero-order valence-corrected chi connectivity index (χ0v) is 13.0. The number of ketones is 1. The Bertz CT molecular complexity index is 336. The Morgan fingerprint density at radius 1 is 1.20 bits per heavy atom. The molecule has 2 aliphatic heterocycles. The SMILES string of the molecule is O=CC[C@@H]1OCCC[C@H]1OC1CCCO[C@@H]1C(=O)CBr. The van der Waals surface area contributed by atoms with E-state index in [0.29, 0.717) is 19.6 Å². The summed E-state index contributed by atoms with van der Waals surface area (Å²) in [5, 5.41) is 0.274. The van der Waals surface area contributed by atoms with E-state index in [0.717, 1.165) is 32.0 Å². The van der Waals surface area contributed by atoms with Crippen LogP contribution in [0.3, 0.4) is 0 Å². The van der Waals surface area contributed by atoms with E-state index < -0.39 is 6.10 Å². The first-order valence-electron chi connectivity index (χ1n) is 7.17. The van der Waals surface area contributed by atoms with Crippen molar-refractivity contribution < 1.29 is 23.8 Å². The van der Waals surface area contributed by atoms with Crippen molar-refractivity contribution in [2.45, 2.75) is 56.5 Å². The number of alkyl halides is 1. The van der Waals surface area contributed by atoms with E-state index >= 15 is 0 Å². The highest BCUT2D eigenvalue weighted by atomic mass is 79.9. The summed E-state index contributed by atoms with van der Waals surface area (Å²) in [6, 6.07) is 0. The summed E-state index contributed by atoms with van der Waals surface area (Å²) in [5.41, 5.74) is 0. The second-order valence-electron chi connectivity index (χ2n) is 5.20.